The predicted molar refractivity (Wildman–Crippen MR) is 118 cm³/mol. The Labute approximate surface area is 175 Å². The minimum absolute atomic E-state index is 0.425. The third-order valence-corrected chi connectivity index (χ3v) is 10.2. The van der Waals surface area contributed by atoms with Gasteiger partial charge in [0.25, 0.3) is 0 Å². The smallest absolute Gasteiger partial charge is 0.409 e. The summed E-state index contributed by atoms with van der Waals surface area (Å²) >= 11 is 0. The second-order valence-corrected chi connectivity index (χ2v) is 11.3. The van der Waals surface area contributed by atoms with Gasteiger partial charge in [-0.2, -0.15) is 0 Å². The van der Waals surface area contributed by atoms with Gasteiger partial charge in [0.2, 0.25) is 0 Å². The molecule has 6 nitrogen and oxygen atoms in total. The zero-order chi connectivity index (χ0) is 19.9. The molecule has 0 atom stereocenters. The maximum absolute atomic E-state index is 13.1. The van der Waals surface area contributed by atoms with E-state index < -0.39 is 13.6 Å². The van der Waals surface area contributed by atoms with Crippen LogP contribution in [0.5, 0.6) is 5.75 Å². The van der Waals surface area contributed by atoms with Crippen LogP contribution in [0, 0.1) is 0 Å². The molecule has 0 radical (unpaired) electrons. The predicted octanol–water partition coefficient (Wildman–Crippen LogP) is 5.59. The highest BCUT2D eigenvalue weighted by Gasteiger charge is 2.42. The lowest BCUT2D eigenvalue weighted by molar-refractivity contribution is 0.208. The van der Waals surface area contributed by atoms with Crippen LogP contribution in [0.2, 0.25) is 0 Å². The first-order chi connectivity index (χ1) is 14.3. The molecule has 0 spiro atoms. The molecular formula is C22H35N4O2P. The average Bonchev–Trinajstić information content (AvgIpc) is 2.80. The van der Waals surface area contributed by atoms with E-state index in [1.165, 1.54) is 57.8 Å². The van der Waals surface area contributed by atoms with Gasteiger partial charge >= 0.3 is 6.09 Å². The summed E-state index contributed by atoms with van der Waals surface area (Å²) < 4.78 is 18.4. The van der Waals surface area contributed by atoms with Crippen LogP contribution in [0.15, 0.2) is 35.1 Å². The Balaban J connectivity index is 1.72. The summed E-state index contributed by atoms with van der Waals surface area (Å²) in [6, 6.07) is 9.38. The van der Waals surface area contributed by atoms with E-state index in [-0.39, 0.29) is 0 Å². The Morgan fingerprint density at radius 3 is 1.52 bits per heavy atom. The van der Waals surface area contributed by atoms with Crippen LogP contribution < -0.4 is 4.74 Å². The highest BCUT2D eigenvalue weighted by Crippen LogP contribution is 2.62. The van der Waals surface area contributed by atoms with Crippen LogP contribution in [-0.2, 0) is 0 Å². The number of para-hydroxylation sites is 1. The van der Waals surface area contributed by atoms with Crippen molar-refractivity contribution in [2.75, 3.05) is 39.3 Å². The molecule has 0 aromatic heterocycles. The monoisotopic (exact) mass is 418 g/mol. The minimum atomic E-state index is -2.27. The Kier molecular flexibility index (Phi) is 7.41. The number of amides is 1. The topological polar surface area (TPSA) is 48.4 Å². The van der Waals surface area contributed by atoms with Crippen molar-refractivity contribution in [3.63, 3.8) is 0 Å². The number of carbonyl (C=O) groups is 1. The number of hydrogen-bond donors (Lipinski definition) is 0. The maximum atomic E-state index is 13.1. The van der Waals surface area contributed by atoms with E-state index in [0.29, 0.717) is 5.75 Å². The molecule has 1 aromatic rings. The van der Waals surface area contributed by atoms with Crippen molar-refractivity contribution in [3.05, 3.63) is 30.3 Å². The first-order valence-electron chi connectivity index (χ1n) is 11.4. The molecule has 160 valence electrons. The van der Waals surface area contributed by atoms with Crippen molar-refractivity contribution in [2.24, 2.45) is 4.74 Å². The van der Waals surface area contributed by atoms with Crippen LogP contribution in [0.4, 0.5) is 4.79 Å². The summed E-state index contributed by atoms with van der Waals surface area (Å²) in [5.74, 6) is 0.579. The van der Waals surface area contributed by atoms with E-state index >= 15 is 0 Å². The van der Waals surface area contributed by atoms with Crippen molar-refractivity contribution >= 4 is 13.6 Å². The fourth-order valence-corrected chi connectivity index (χ4v) is 9.05. The Hall–Kier alpha value is -1.20. The highest BCUT2D eigenvalue weighted by molar-refractivity contribution is 7.59. The molecule has 7 heteroatoms. The number of ether oxygens (including phenoxy) is 1. The second kappa shape index (κ2) is 10.2. The van der Waals surface area contributed by atoms with Gasteiger partial charge in [0.05, 0.1) is 0 Å². The summed E-state index contributed by atoms with van der Waals surface area (Å²) in [4.78, 5) is 13.1. The van der Waals surface area contributed by atoms with Gasteiger partial charge in [0, 0.05) is 39.3 Å². The normalized spacial score (nSPS) is 22.9. The average molecular weight is 419 g/mol. The summed E-state index contributed by atoms with van der Waals surface area (Å²) in [7, 11) is -2.27. The lowest BCUT2D eigenvalue weighted by Gasteiger charge is -2.52. The molecule has 3 aliphatic heterocycles. The highest BCUT2D eigenvalue weighted by atomic mass is 31.2. The van der Waals surface area contributed by atoms with Gasteiger partial charge < -0.3 is 4.74 Å². The van der Waals surface area contributed by atoms with Crippen molar-refractivity contribution in [3.8, 4) is 5.75 Å². The molecule has 1 aromatic carbocycles. The standard InChI is InChI=1S/C22H35N4O2P/c27-22(28-21-13-5-1-6-14-21)23-29(24-15-7-2-8-16-24,25-17-9-3-10-18-25)26-19-11-4-12-20-26/h1,5-6,13-14H,2-4,7-12,15-20H2. The number of benzene rings is 1. The zero-order valence-corrected chi connectivity index (χ0v) is 18.4. The minimum Gasteiger partial charge on any atom is -0.409 e. The van der Waals surface area contributed by atoms with Crippen LogP contribution in [0.3, 0.4) is 0 Å². The fourth-order valence-electron chi connectivity index (χ4n) is 4.88. The number of hydrogen-bond acceptors (Lipinski definition) is 2. The van der Waals surface area contributed by atoms with E-state index in [1.807, 2.05) is 30.3 Å². The summed E-state index contributed by atoms with van der Waals surface area (Å²) in [6.07, 6.45) is 10.6. The van der Waals surface area contributed by atoms with Gasteiger partial charge in [0.1, 0.15) is 5.75 Å². The fraction of sp³-hybridized carbons (Fsp3) is 0.682. The van der Waals surface area contributed by atoms with E-state index in [9.17, 15) is 4.79 Å². The van der Waals surface area contributed by atoms with E-state index in [2.05, 4.69) is 14.0 Å². The largest absolute Gasteiger partial charge is 0.441 e. The summed E-state index contributed by atoms with van der Waals surface area (Å²) in [5, 5.41) is 0. The molecular weight excluding hydrogens is 383 g/mol. The van der Waals surface area contributed by atoms with Crippen LogP contribution >= 0.6 is 7.51 Å². The van der Waals surface area contributed by atoms with Crippen molar-refractivity contribution < 1.29 is 9.53 Å². The summed E-state index contributed by atoms with van der Waals surface area (Å²) in [5.41, 5.74) is 0. The number of rotatable bonds is 4. The van der Waals surface area contributed by atoms with Crippen molar-refractivity contribution in [1.82, 2.24) is 14.0 Å². The first kappa shape index (κ1) is 21.0. The van der Waals surface area contributed by atoms with E-state index in [0.717, 1.165) is 39.3 Å². The van der Waals surface area contributed by atoms with Gasteiger partial charge in [-0.15, -0.1) is 4.74 Å². The molecule has 1 amide bonds. The lowest BCUT2D eigenvalue weighted by Crippen LogP contribution is -2.46. The van der Waals surface area contributed by atoms with Gasteiger partial charge in [-0.05, 0) is 50.7 Å². The molecule has 0 aliphatic carbocycles. The van der Waals surface area contributed by atoms with Crippen LogP contribution in [0.1, 0.15) is 57.8 Å². The molecule has 29 heavy (non-hydrogen) atoms. The molecule has 3 saturated heterocycles. The molecule has 3 fully saturated rings. The zero-order valence-electron chi connectivity index (χ0n) is 17.5. The molecule has 0 saturated carbocycles. The molecule has 3 aliphatic rings. The number of carbonyl (C=O) groups excluding carboxylic acids is 1. The van der Waals surface area contributed by atoms with Crippen molar-refractivity contribution in [2.45, 2.75) is 57.8 Å². The van der Waals surface area contributed by atoms with E-state index in [4.69, 9.17) is 9.48 Å². The third-order valence-electron chi connectivity index (χ3n) is 6.30. The van der Waals surface area contributed by atoms with Crippen molar-refractivity contribution in [1.29, 1.82) is 0 Å². The first-order valence-corrected chi connectivity index (χ1v) is 13.0. The SMILES string of the molecule is O=C(N=P(N1CCCCC1)(N1CCCCC1)N1CCCCC1)Oc1ccccc1. The Morgan fingerprint density at radius 1 is 0.690 bits per heavy atom. The Morgan fingerprint density at radius 2 is 1.10 bits per heavy atom. The lowest BCUT2D eigenvalue weighted by atomic mass is 10.2. The molecule has 0 bridgehead atoms. The third kappa shape index (κ3) is 4.93. The second-order valence-electron chi connectivity index (χ2n) is 8.36. The molecule has 3 heterocycles. The summed E-state index contributed by atoms with van der Waals surface area (Å²) in [6.45, 7) is 6.27. The van der Waals surface area contributed by atoms with Gasteiger partial charge in [-0.3, -0.25) is 0 Å². The van der Waals surface area contributed by atoms with Gasteiger partial charge in [-0.25, -0.2) is 18.8 Å². The van der Waals surface area contributed by atoms with E-state index in [1.54, 1.807) is 0 Å². The van der Waals surface area contributed by atoms with Crippen LogP contribution in [0.25, 0.3) is 0 Å². The number of piperidine rings is 3. The maximum Gasteiger partial charge on any atom is 0.441 e. The Bertz CT molecular complexity index is 656. The van der Waals surface area contributed by atoms with Crippen LogP contribution in [-0.4, -0.2) is 59.4 Å². The molecule has 4 rings (SSSR count). The molecule has 0 unspecified atom stereocenters. The van der Waals surface area contributed by atoms with Gasteiger partial charge in [0.15, 0.2) is 7.51 Å². The quantitative estimate of drug-likeness (QED) is 0.597. The molecule has 0 N–H and O–H groups in total. The number of nitrogens with zero attached hydrogens (tertiary/aromatic N) is 4. The van der Waals surface area contributed by atoms with Gasteiger partial charge in [-0.1, -0.05) is 37.5 Å².